The van der Waals surface area contributed by atoms with Crippen LogP contribution in [0.4, 0.5) is 0 Å². The maximum Gasteiger partial charge on any atom is 0.00897 e. The number of hydrogen-bond donors (Lipinski definition) is 0. The third kappa shape index (κ3) is 10.5. The number of rotatable bonds is 14. The van der Waals surface area contributed by atoms with Crippen LogP contribution in [0.2, 0.25) is 0 Å². The van der Waals surface area contributed by atoms with Crippen LogP contribution in [0.25, 0.3) is 0 Å². The first-order chi connectivity index (χ1) is 13.6. The Kier molecular flexibility index (Phi) is 14.1. The van der Waals surface area contributed by atoms with Crippen LogP contribution in [-0.2, 0) is 0 Å². The molecule has 1 heteroatoms. The molecule has 2 atom stereocenters. The summed E-state index contributed by atoms with van der Waals surface area (Å²) >= 11 is 0. The Labute approximate surface area is 176 Å². The highest BCUT2D eigenvalue weighted by atomic mass is 15.1. The Morgan fingerprint density at radius 2 is 1.89 bits per heavy atom. The fraction of sp³-hybridized carbons (Fsp3) is 0.704. The topological polar surface area (TPSA) is 3.24 Å². The molecule has 1 aliphatic carbocycles. The molecule has 0 spiro atoms. The average Bonchev–Trinajstić information content (AvgIpc) is 2.68. The molecular formula is C27H47N. The number of allylic oxidation sites excluding steroid dienone is 8. The van der Waals surface area contributed by atoms with Crippen molar-refractivity contribution in [3.05, 3.63) is 47.6 Å². The summed E-state index contributed by atoms with van der Waals surface area (Å²) in [7, 11) is 2.34. The van der Waals surface area contributed by atoms with E-state index in [9.17, 15) is 0 Å². The van der Waals surface area contributed by atoms with Gasteiger partial charge in [-0.15, -0.1) is 0 Å². The minimum atomic E-state index is 0.735. The van der Waals surface area contributed by atoms with E-state index in [1.54, 1.807) is 11.1 Å². The lowest BCUT2D eigenvalue weighted by Crippen LogP contribution is -2.32. The Hall–Kier alpha value is -1.08. The van der Waals surface area contributed by atoms with E-state index >= 15 is 0 Å². The van der Waals surface area contributed by atoms with Crippen molar-refractivity contribution in [2.45, 2.75) is 104 Å². The smallest absolute Gasteiger partial charge is 0.00897 e. The number of nitrogens with zero attached hydrogens (tertiary/aromatic N) is 1. The first-order valence-electron chi connectivity index (χ1n) is 12.0. The zero-order valence-corrected chi connectivity index (χ0v) is 19.6. The highest BCUT2D eigenvalue weighted by Gasteiger charge is 2.14. The number of hydrogen-bond acceptors (Lipinski definition) is 1. The highest BCUT2D eigenvalue weighted by molar-refractivity contribution is 5.16. The molecule has 0 amide bonds. The Balaban J connectivity index is 2.38. The zero-order valence-electron chi connectivity index (χ0n) is 19.6. The molecule has 0 aromatic rings. The summed E-state index contributed by atoms with van der Waals surface area (Å²) < 4.78 is 0. The van der Waals surface area contributed by atoms with Crippen LogP contribution in [0.3, 0.4) is 0 Å². The van der Waals surface area contributed by atoms with E-state index in [1.807, 2.05) is 0 Å². The minimum absolute atomic E-state index is 0.735. The summed E-state index contributed by atoms with van der Waals surface area (Å²) in [5, 5.41) is 0. The first kappa shape index (κ1) is 25.0. The molecule has 28 heavy (non-hydrogen) atoms. The average molecular weight is 386 g/mol. The van der Waals surface area contributed by atoms with Gasteiger partial charge in [-0.1, -0.05) is 81.7 Å². The van der Waals surface area contributed by atoms with Gasteiger partial charge in [0.15, 0.2) is 0 Å². The standard InChI is InChI=1S/C27H47N/c1-6-9-20-26(24(4)7-2)21-15-22-27(8-3)28(5)23-16-19-25-17-13-11-10-12-14-18-25/h10-13,18,20,24,27H,6-9,14-17,19,21-23H2,1-5H3/b12-10-,13-11-,25-18+,26-20+. The van der Waals surface area contributed by atoms with Crippen molar-refractivity contribution in [1.29, 1.82) is 0 Å². The second-order valence-corrected chi connectivity index (χ2v) is 8.57. The van der Waals surface area contributed by atoms with E-state index in [2.05, 4.69) is 76.1 Å². The van der Waals surface area contributed by atoms with Crippen molar-refractivity contribution in [2.24, 2.45) is 5.92 Å². The normalized spacial score (nSPS) is 21.5. The highest BCUT2D eigenvalue weighted by Crippen LogP contribution is 2.23. The van der Waals surface area contributed by atoms with Crippen LogP contribution in [0, 0.1) is 5.92 Å². The van der Waals surface area contributed by atoms with E-state index in [-0.39, 0.29) is 0 Å². The Morgan fingerprint density at radius 3 is 2.61 bits per heavy atom. The molecule has 0 fully saturated rings. The summed E-state index contributed by atoms with van der Waals surface area (Å²) in [4.78, 5) is 2.62. The monoisotopic (exact) mass is 385 g/mol. The minimum Gasteiger partial charge on any atom is -0.303 e. The van der Waals surface area contributed by atoms with Crippen LogP contribution in [0.15, 0.2) is 47.6 Å². The summed E-state index contributed by atoms with van der Waals surface area (Å²) in [5.41, 5.74) is 3.32. The van der Waals surface area contributed by atoms with Crippen molar-refractivity contribution in [1.82, 2.24) is 4.90 Å². The predicted molar refractivity (Wildman–Crippen MR) is 128 cm³/mol. The van der Waals surface area contributed by atoms with Gasteiger partial charge in [-0.05, 0) is 83.7 Å². The van der Waals surface area contributed by atoms with E-state index in [0.717, 1.165) is 24.8 Å². The fourth-order valence-electron chi connectivity index (χ4n) is 4.13. The van der Waals surface area contributed by atoms with Gasteiger partial charge in [-0.2, -0.15) is 0 Å². The van der Waals surface area contributed by atoms with Crippen molar-refractivity contribution in [2.75, 3.05) is 13.6 Å². The summed E-state index contributed by atoms with van der Waals surface area (Å²) in [5.74, 6) is 0.755. The molecule has 1 nitrogen and oxygen atoms in total. The molecule has 160 valence electrons. The van der Waals surface area contributed by atoms with Crippen LogP contribution < -0.4 is 0 Å². The summed E-state index contributed by atoms with van der Waals surface area (Å²) in [6.07, 6.45) is 27.6. The summed E-state index contributed by atoms with van der Waals surface area (Å²) in [6.45, 7) is 10.6. The van der Waals surface area contributed by atoms with Gasteiger partial charge in [-0.3, -0.25) is 0 Å². The fourth-order valence-corrected chi connectivity index (χ4v) is 4.13. The van der Waals surface area contributed by atoms with E-state index < -0.39 is 0 Å². The lowest BCUT2D eigenvalue weighted by molar-refractivity contribution is 0.218. The maximum absolute atomic E-state index is 2.62. The van der Waals surface area contributed by atoms with Crippen LogP contribution in [-0.4, -0.2) is 24.5 Å². The molecule has 1 aliphatic rings. The van der Waals surface area contributed by atoms with Gasteiger partial charge in [0.2, 0.25) is 0 Å². The van der Waals surface area contributed by atoms with Gasteiger partial charge >= 0.3 is 0 Å². The molecule has 0 radical (unpaired) electrons. The van der Waals surface area contributed by atoms with Gasteiger partial charge in [-0.25, -0.2) is 0 Å². The molecule has 0 saturated carbocycles. The van der Waals surface area contributed by atoms with Crippen molar-refractivity contribution in [3.8, 4) is 0 Å². The second kappa shape index (κ2) is 15.8. The molecule has 0 aromatic carbocycles. The Bertz CT molecular complexity index is 508. The molecular weight excluding hydrogens is 338 g/mol. The SMILES string of the molecule is CCC/C=C(\CCCC(CC)N(C)CCC/C1=C/C/C=C\C=C/C1)C(C)CC. The van der Waals surface area contributed by atoms with Gasteiger partial charge < -0.3 is 4.90 Å². The first-order valence-corrected chi connectivity index (χ1v) is 12.0. The lowest BCUT2D eigenvalue weighted by Gasteiger charge is -2.28. The second-order valence-electron chi connectivity index (χ2n) is 8.57. The number of unbranched alkanes of at least 4 members (excludes halogenated alkanes) is 1. The molecule has 0 heterocycles. The van der Waals surface area contributed by atoms with Gasteiger partial charge in [0.25, 0.3) is 0 Å². The predicted octanol–water partition coefficient (Wildman–Crippen LogP) is 8.25. The van der Waals surface area contributed by atoms with Crippen LogP contribution in [0.5, 0.6) is 0 Å². The molecule has 0 bridgehead atoms. The van der Waals surface area contributed by atoms with Gasteiger partial charge in [0.1, 0.15) is 0 Å². The molecule has 1 rings (SSSR count). The van der Waals surface area contributed by atoms with Crippen molar-refractivity contribution in [3.63, 3.8) is 0 Å². The van der Waals surface area contributed by atoms with Crippen LogP contribution >= 0.6 is 0 Å². The summed E-state index contributed by atoms with van der Waals surface area (Å²) in [6, 6.07) is 0.735. The van der Waals surface area contributed by atoms with E-state index in [0.29, 0.717) is 0 Å². The maximum atomic E-state index is 2.62. The molecule has 2 unspecified atom stereocenters. The molecule has 0 saturated heterocycles. The molecule has 0 aromatic heterocycles. The van der Waals surface area contributed by atoms with E-state index in [4.69, 9.17) is 0 Å². The third-order valence-corrected chi connectivity index (χ3v) is 6.35. The zero-order chi connectivity index (χ0) is 20.6. The lowest BCUT2D eigenvalue weighted by atomic mass is 9.91. The largest absolute Gasteiger partial charge is 0.303 e. The van der Waals surface area contributed by atoms with Crippen molar-refractivity contribution >= 4 is 0 Å². The van der Waals surface area contributed by atoms with Gasteiger partial charge in [0.05, 0.1) is 0 Å². The Morgan fingerprint density at radius 1 is 1.11 bits per heavy atom. The van der Waals surface area contributed by atoms with Gasteiger partial charge in [0, 0.05) is 6.04 Å². The van der Waals surface area contributed by atoms with E-state index in [1.165, 1.54) is 64.3 Å². The molecule has 0 N–H and O–H groups in total. The van der Waals surface area contributed by atoms with Crippen molar-refractivity contribution < 1.29 is 0 Å². The quantitative estimate of drug-likeness (QED) is 0.272. The third-order valence-electron chi connectivity index (χ3n) is 6.35. The van der Waals surface area contributed by atoms with Crippen LogP contribution in [0.1, 0.15) is 98.3 Å². The molecule has 0 aliphatic heterocycles.